The average Bonchev–Trinajstić information content (AvgIpc) is 3.39. The van der Waals surface area contributed by atoms with Gasteiger partial charge in [0, 0.05) is 21.1 Å². The van der Waals surface area contributed by atoms with Crippen molar-refractivity contribution in [3.8, 4) is 0 Å². The molecule has 1 amide bonds. The molecule has 0 aromatic carbocycles. The summed E-state index contributed by atoms with van der Waals surface area (Å²) in [7, 11) is 4.65. The Morgan fingerprint density at radius 3 is 2.62 bits per heavy atom. The molecule has 0 spiro atoms. The fraction of sp³-hybridized carbons (Fsp3) is 0.200. The molecule has 0 atom stereocenters. The molecule has 0 radical (unpaired) electrons. The molecule has 11 nitrogen and oxygen atoms in total. The van der Waals surface area contributed by atoms with E-state index in [0.717, 1.165) is 15.9 Å². The second kappa shape index (κ2) is 7.27. The highest BCUT2D eigenvalue weighted by molar-refractivity contribution is 9.10. The van der Waals surface area contributed by atoms with Crippen LogP contribution in [0.15, 0.2) is 40.3 Å². The molecule has 0 saturated heterocycles. The monoisotopic (exact) mass is 497 g/mol. The Morgan fingerprint density at radius 1 is 1.17 bits per heavy atom. The van der Waals surface area contributed by atoms with E-state index in [1.54, 1.807) is 24.7 Å². The first-order chi connectivity index (χ1) is 13.8. The van der Waals surface area contributed by atoms with E-state index in [1.807, 2.05) is 0 Å². The van der Waals surface area contributed by atoms with E-state index in [0.29, 0.717) is 19.7 Å². The third kappa shape index (κ3) is 3.42. The van der Waals surface area contributed by atoms with Crippen LogP contribution in [0.4, 0.5) is 5.13 Å². The van der Waals surface area contributed by atoms with Crippen LogP contribution in [0, 0.1) is 0 Å². The minimum Gasteiger partial charge on any atom is -0.444 e. The highest BCUT2D eigenvalue weighted by Gasteiger charge is 2.20. The number of fused-ring (bicyclic) bond motifs is 1. The number of amides is 1. The Morgan fingerprint density at radius 2 is 1.93 bits per heavy atom. The van der Waals surface area contributed by atoms with Crippen molar-refractivity contribution in [2.45, 2.75) is 9.50 Å². The number of imidazole rings is 1. The predicted octanol–water partition coefficient (Wildman–Crippen LogP) is 1.58. The van der Waals surface area contributed by atoms with Crippen LogP contribution in [0.2, 0.25) is 0 Å². The molecule has 0 aliphatic rings. The van der Waals surface area contributed by atoms with E-state index >= 15 is 0 Å². The SMILES string of the molecule is Cn1c(=O)c2c(nc(Sc3nnc(NC(=O)c4ccc(Br)o4)s3)n2C)n(C)c1=O. The first-order valence-electron chi connectivity index (χ1n) is 7.96. The maximum atomic E-state index is 12.4. The molecule has 150 valence electrons. The van der Waals surface area contributed by atoms with Crippen LogP contribution >= 0.6 is 39.0 Å². The Bertz CT molecular complexity index is 1380. The first kappa shape index (κ1) is 19.6. The van der Waals surface area contributed by atoms with E-state index in [9.17, 15) is 14.4 Å². The Hall–Kier alpha value is -2.71. The number of aromatic nitrogens is 6. The van der Waals surface area contributed by atoms with Gasteiger partial charge in [-0.25, -0.2) is 9.78 Å². The molecule has 0 saturated carbocycles. The summed E-state index contributed by atoms with van der Waals surface area (Å²) < 4.78 is 10.1. The van der Waals surface area contributed by atoms with Crippen molar-refractivity contribution < 1.29 is 9.21 Å². The van der Waals surface area contributed by atoms with E-state index in [4.69, 9.17) is 4.42 Å². The van der Waals surface area contributed by atoms with E-state index < -0.39 is 17.2 Å². The smallest absolute Gasteiger partial charge is 0.332 e. The highest BCUT2D eigenvalue weighted by Crippen LogP contribution is 2.32. The molecule has 0 bridgehead atoms. The zero-order chi connectivity index (χ0) is 20.9. The standard InChI is InChI=1S/C15H12BrN7O4S2/c1-21-8-9(22(2)15(26)23(3)11(8)25)17-13(21)29-14-20-19-12(28-14)18-10(24)6-4-5-7(16)27-6/h4-5H,1-3H3,(H,18,19,24). The summed E-state index contributed by atoms with van der Waals surface area (Å²) in [4.78, 5) is 41.1. The van der Waals surface area contributed by atoms with Crippen LogP contribution in [0.3, 0.4) is 0 Å². The number of carbonyl (C=O) groups is 1. The van der Waals surface area contributed by atoms with Crippen molar-refractivity contribution in [2.75, 3.05) is 5.32 Å². The molecule has 1 N–H and O–H groups in total. The molecular weight excluding hydrogens is 486 g/mol. The van der Waals surface area contributed by atoms with Gasteiger partial charge in [0.1, 0.15) is 0 Å². The fourth-order valence-electron chi connectivity index (χ4n) is 2.56. The molecule has 0 fully saturated rings. The molecule has 14 heteroatoms. The van der Waals surface area contributed by atoms with Gasteiger partial charge in [-0.1, -0.05) is 11.3 Å². The molecule has 4 aromatic rings. The maximum Gasteiger partial charge on any atom is 0.332 e. The summed E-state index contributed by atoms with van der Waals surface area (Å²) in [6.07, 6.45) is 0. The van der Waals surface area contributed by atoms with E-state index in [1.165, 1.54) is 29.4 Å². The van der Waals surface area contributed by atoms with Crippen LogP contribution < -0.4 is 16.6 Å². The minimum absolute atomic E-state index is 0.133. The minimum atomic E-state index is -0.456. The third-order valence-electron chi connectivity index (χ3n) is 4.04. The fourth-order valence-corrected chi connectivity index (χ4v) is 4.57. The predicted molar refractivity (Wildman–Crippen MR) is 110 cm³/mol. The number of rotatable bonds is 4. The van der Waals surface area contributed by atoms with Crippen molar-refractivity contribution in [1.29, 1.82) is 0 Å². The van der Waals surface area contributed by atoms with Gasteiger partial charge in [0.15, 0.2) is 31.1 Å². The van der Waals surface area contributed by atoms with Crippen molar-refractivity contribution in [1.82, 2.24) is 28.9 Å². The van der Waals surface area contributed by atoms with Crippen LogP contribution in [-0.4, -0.2) is 34.8 Å². The Kier molecular flexibility index (Phi) is 4.92. The summed E-state index contributed by atoms with van der Waals surface area (Å²) in [6.45, 7) is 0. The molecule has 0 unspecified atom stereocenters. The number of nitrogens with zero attached hydrogens (tertiary/aromatic N) is 6. The molecule has 4 heterocycles. The number of anilines is 1. The van der Waals surface area contributed by atoms with Gasteiger partial charge in [0.25, 0.3) is 11.5 Å². The summed E-state index contributed by atoms with van der Waals surface area (Å²) >= 11 is 5.45. The van der Waals surface area contributed by atoms with E-state index in [2.05, 4.69) is 36.4 Å². The van der Waals surface area contributed by atoms with Gasteiger partial charge in [-0.2, -0.15) is 0 Å². The van der Waals surface area contributed by atoms with Crippen molar-refractivity contribution in [3.63, 3.8) is 0 Å². The van der Waals surface area contributed by atoms with Gasteiger partial charge in [0.05, 0.1) is 0 Å². The summed E-state index contributed by atoms with van der Waals surface area (Å²) in [5.41, 5.74) is -0.300. The second-order valence-corrected chi connectivity index (χ2v) is 8.84. The number of aryl methyl sites for hydroxylation is 2. The number of nitrogens with one attached hydrogen (secondary N) is 1. The van der Waals surface area contributed by atoms with Gasteiger partial charge in [-0.3, -0.25) is 24.0 Å². The number of furan rings is 1. The highest BCUT2D eigenvalue weighted by atomic mass is 79.9. The van der Waals surface area contributed by atoms with Gasteiger partial charge < -0.3 is 8.98 Å². The van der Waals surface area contributed by atoms with Crippen molar-refractivity contribution in [3.05, 3.63) is 43.4 Å². The number of hydrogen-bond donors (Lipinski definition) is 1. The van der Waals surface area contributed by atoms with Crippen molar-refractivity contribution in [2.24, 2.45) is 21.1 Å². The van der Waals surface area contributed by atoms with Crippen molar-refractivity contribution >= 4 is 61.2 Å². The lowest BCUT2D eigenvalue weighted by Crippen LogP contribution is -2.37. The number of carbonyl (C=O) groups excluding carboxylic acids is 1. The Balaban J connectivity index is 1.61. The molecular formula is C15H12BrN7O4S2. The van der Waals surface area contributed by atoms with Gasteiger partial charge >= 0.3 is 5.69 Å². The molecule has 29 heavy (non-hydrogen) atoms. The zero-order valence-electron chi connectivity index (χ0n) is 15.2. The zero-order valence-corrected chi connectivity index (χ0v) is 18.4. The Labute approximate surface area is 178 Å². The second-order valence-electron chi connectivity index (χ2n) is 5.86. The third-order valence-corrected chi connectivity index (χ3v) is 6.40. The van der Waals surface area contributed by atoms with E-state index in [-0.39, 0.29) is 16.5 Å². The summed E-state index contributed by atoms with van der Waals surface area (Å²) in [6, 6.07) is 3.14. The van der Waals surface area contributed by atoms with Crippen LogP contribution in [0.1, 0.15) is 10.6 Å². The number of halogens is 1. The lowest BCUT2D eigenvalue weighted by atomic mass is 10.4. The van der Waals surface area contributed by atoms with Gasteiger partial charge in [0.2, 0.25) is 5.13 Å². The van der Waals surface area contributed by atoms with Crippen LogP contribution in [0.5, 0.6) is 0 Å². The molecule has 0 aliphatic heterocycles. The lowest BCUT2D eigenvalue weighted by Gasteiger charge is -2.03. The molecule has 0 aliphatic carbocycles. The maximum absolute atomic E-state index is 12.4. The van der Waals surface area contributed by atoms with Gasteiger partial charge in [-0.05, 0) is 39.8 Å². The lowest BCUT2D eigenvalue weighted by molar-refractivity contribution is 0.0995. The van der Waals surface area contributed by atoms with Crippen LogP contribution in [-0.2, 0) is 21.1 Å². The quantitative estimate of drug-likeness (QED) is 0.420. The summed E-state index contributed by atoms with van der Waals surface area (Å²) in [5, 5.41) is 11.3. The number of hydrogen-bond acceptors (Lipinski definition) is 9. The molecule has 4 rings (SSSR count). The van der Waals surface area contributed by atoms with Gasteiger partial charge in [-0.15, -0.1) is 10.2 Å². The average molecular weight is 498 g/mol. The normalized spacial score (nSPS) is 11.3. The van der Waals surface area contributed by atoms with Crippen LogP contribution in [0.25, 0.3) is 11.2 Å². The molecule has 4 aromatic heterocycles. The topological polar surface area (TPSA) is 130 Å². The first-order valence-corrected chi connectivity index (χ1v) is 10.4. The largest absolute Gasteiger partial charge is 0.444 e. The summed E-state index contributed by atoms with van der Waals surface area (Å²) in [5.74, 6) is -0.321.